The average Bonchev–Trinajstić information content (AvgIpc) is 2.52. The van der Waals surface area contributed by atoms with Crippen molar-refractivity contribution >= 4 is 17.3 Å². The Morgan fingerprint density at radius 3 is 2.48 bits per heavy atom. The van der Waals surface area contributed by atoms with E-state index in [4.69, 9.17) is 10.5 Å². The number of hydrazone groups is 1. The van der Waals surface area contributed by atoms with Gasteiger partial charge in [-0.2, -0.15) is 5.10 Å². The molecular weight excluding hydrogens is 266 g/mol. The Morgan fingerprint density at radius 2 is 1.81 bits per heavy atom. The quantitative estimate of drug-likeness (QED) is 0.514. The zero-order chi connectivity index (χ0) is 15.2. The van der Waals surface area contributed by atoms with Gasteiger partial charge >= 0.3 is 0 Å². The summed E-state index contributed by atoms with van der Waals surface area (Å²) < 4.78 is 5.26. The lowest BCUT2D eigenvalue weighted by Gasteiger charge is -2.08. The number of rotatable bonds is 4. The molecule has 1 amide bonds. The van der Waals surface area contributed by atoms with Crippen molar-refractivity contribution in [2.75, 3.05) is 12.8 Å². The van der Waals surface area contributed by atoms with Crippen LogP contribution in [0.2, 0.25) is 0 Å². The number of para-hydroxylation sites is 1. The first-order chi connectivity index (χ1) is 10.1. The van der Waals surface area contributed by atoms with Crippen molar-refractivity contribution in [3.05, 3.63) is 59.7 Å². The third-order valence-corrected chi connectivity index (χ3v) is 2.99. The molecular formula is C16H17N3O2. The number of amides is 1. The summed E-state index contributed by atoms with van der Waals surface area (Å²) >= 11 is 0. The van der Waals surface area contributed by atoms with E-state index in [1.165, 1.54) is 0 Å². The largest absolute Gasteiger partial charge is 0.496 e. The van der Waals surface area contributed by atoms with Gasteiger partial charge in [-0.3, -0.25) is 4.79 Å². The molecule has 0 aliphatic rings. The molecule has 2 aromatic carbocycles. The van der Waals surface area contributed by atoms with Crippen molar-refractivity contribution in [1.82, 2.24) is 5.43 Å². The Labute approximate surface area is 123 Å². The second-order valence-corrected chi connectivity index (χ2v) is 4.46. The van der Waals surface area contributed by atoms with Gasteiger partial charge in [-0.1, -0.05) is 12.1 Å². The van der Waals surface area contributed by atoms with Crippen LogP contribution < -0.4 is 15.9 Å². The van der Waals surface area contributed by atoms with Gasteiger partial charge < -0.3 is 10.5 Å². The summed E-state index contributed by atoms with van der Waals surface area (Å²) in [7, 11) is 1.60. The van der Waals surface area contributed by atoms with Gasteiger partial charge in [0.05, 0.1) is 12.8 Å². The SMILES string of the molecule is COc1ccccc1/C(C)=N\NC(=O)c1ccc(N)cc1. The van der Waals surface area contributed by atoms with Crippen LogP contribution in [0, 0.1) is 0 Å². The number of benzene rings is 2. The number of hydrogen-bond donors (Lipinski definition) is 2. The maximum Gasteiger partial charge on any atom is 0.271 e. The summed E-state index contributed by atoms with van der Waals surface area (Å²) in [6, 6.07) is 14.1. The monoisotopic (exact) mass is 283 g/mol. The predicted octanol–water partition coefficient (Wildman–Crippen LogP) is 2.43. The van der Waals surface area contributed by atoms with Gasteiger partial charge in [-0.05, 0) is 43.3 Å². The van der Waals surface area contributed by atoms with Crippen LogP contribution in [0.25, 0.3) is 0 Å². The summed E-state index contributed by atoms with van der Waals surface area (Å²) in [5, 5.41) is 4.11. The number of anilines is 1. The van der Waals surface area contributed by atoms with E-state index < -0.39 is 0 Å². The first-order valence-corrected chi connectivity index (χ1v) is 6.45. The van der Waals surface area contributed by atoms with Gasteiger partial charge in [0.1, 0.15) is 5.75 Å². The van der Waals surface area contributed by atoms with Crippen molar-refractivity contribution in [3.8, 4) is 5.75 Å². The number of carbonyl (C=O) groups excluding carboxylic acids is 1. The molecule has 5 nitrogen and oxygen atoms in total. The highest BCUT2D eigenvalue weighted by Gasteiger charge is 2.07. The summed E-state index contributed by atoms with van der Waals surface area (Å²) in [5.74, 6) is 0.421. The number of nitrogens with two attached hydrogens (primary N) is 1. The number of hydrogen-bond acceptors (Lipinski definition) is 4. The standard InChI is InChI=1S/C16H17N3O2/c1-11(14-5-3-4-6-15(14)21-2)18-19-16(20)12-7-9-13(17)10-8-12/h3-10H,17H2,1-2H3,(H,19,20)/b18-11-. The lowest BCUT2D eigenvalue weighted by Crippen LogP contribution is -2.19. The van der Waals surface area contributed by atoms with Crippen LogP contribution in [0.1, 0.15) is 22.8 Å². The summed E-state index contributed by atoms with van der Waals surface area (Å²) in [4.78, 5) is 12.0. The molecule has 3 N–H and O–H groups in total. The molecule has 108 valence electrons. The molecule has 0 aromatic heterocycles. The molecule has 0 aliphatic heterocycles. The Bertz CT molecular complexity index is 663. The number of ether oxygens (including phenoxy) is 1. The lowest BCUT2D eigenvalue weighted by molar-refractivity contribution is 0.0955. The molecule has 0 bridgehead atoms. The Morgan fingerprint density at radius 1 is 1.14 bits per heavy atom. The van der Waals surface area contributed by atoms with Gasteiger partial charge in [0.15, 0.2) is 0 Å². The number of nitrogen functional groups attached to an aromatic ring is 1. The van der Waals surface area contributed by atoms with Crippen molar-refractivity contribution in [1.29, 1.82) is 0 Å². The first-order valence-electron chi connectivity index (χ1n) is 6.45. The topological polar surface area (TPSA) is 76.7 Å². The highest BCUT2D eigenvalue weighted by Crippen LogP contribution is 2.17. The fourth-order valence-corrected chi connectivity index (χ4v) is 1.84. The van der Waals surface area contributed by atoms with Crippen LogP contribution in [0.15, 0.2) is 53.6 Å². The molecule has 0 saturated carbocycles. The van der Waals surface area contributed by atoms with E-state index in [-0.39, 0.29) is 5.91 Å². The van der Waals surface area contributed by atoms with E-state index in [0.29, 0.717) is 22.7 Å². The summed E-state index contributed by atoms with van der Waals surface area (Å²) in [6.07, 6.45) is 0. The van der Waals surface area contributed by atoms with Crippen molar-refractivity contribution in [2.24, 2.45) is 5.10 Å². The number of nitrogens with zero attached hydrogens (tertiary/aromatic N) is 1. The van der Waals surface area contributed by atoms with Crippen molar-refractivity contribution < 1.29 is 9.53 Å². The molecule has 0 heterocycles. The molecule has 0 spiro atoms. The number of nitrogens with one attached hydrogen (secondary N) is 1. The van der Waals surface area contributed by atoms with Gasteiger partial charge in [-0.25, -0.2) is 5.43 Å². The molecule has 0 unspecified atom stereocenters. The minimum Gasteiger partial charge on any atom is -0.496 e. The van der Waals surface area contributed by atoms with E-state index in [0.717, 1.165) is 5.56 Å². The van der Waals surface area contributed by atoms with Crippen LogP contribution in [0.5, 0.6) is 5.75 Å². The third-order valence-electron chi connectivity index (χ3n) is 2.99. The normalized spacial score (nSPS) is 11.0. The van der Waals surface area contributed by atoms with Gasteiger partial charge in [0, 0.05) is 16.8 Å². The molecule has 0 fully saturated rings. The number of carbonyl (C=O) groups is 1. The second kappa shape index (κ2) is 6.56. The zero-order valence-corrected chi connectivity index (χ0v) is 12.0. The zero-order valence-electron chi connectivity index (χ0n) is 12.0. The van der Waals surface area contributed by atoms with Crippen LogP contribution in [0.4, 0.5) is 5.69 Å². The minimum atomic E-state index is -0.288. The molecule has 2 aromatic rings. The van der Waals surface area contributed by atoms with Crippen LogP contribution >= 0.6 is 0 Å². The lowest BCUT2D eigenvalue weighted by atomic mass is 10.1. The fraction of sp³-hybridized carbons (Fsp3) is 0.125. The second-order valence-electron chi connectivity index (χ2n) is 4.46. The average molecular weight is 283 g/mol. The fourth-order valence-electron chi connectivity index (χ4n) is 1.84. The highest BCUT2D eigenvalue weighted by atomic mass is 16.5. The molecule has 2 rings (SSSR count). The first kappa shape index (κ1) is 14.6. The Hall–Kier alpha value is -2.82. The predicted molar refractivity (Wildman–Crippen MR) is 83.5 cm³/mol. The van der Waals surface area contributed by atoms with Crippen LogP contribution in [-0.4, -0.2) is 18.7 Å². The highest BCUT2D eigenvalue weighted by molar-refractivity contribution is 6.02. The van der Waals surface area contributed by atoms with E-state index >= 15 is 0 Å². The minimum absolute atomic E-state index is 0.288. The van der Waals surface area contributed by atoms with Gasteiger partial charge in [0.25, 0.3) is 5.91 Å². The smallest absolute Gasteiger partial charge is 0.271 e. The van der Waals surface area contributed by atoms with Crippen LogP contribution in [0.3, 0.4) is 0 Å². The van der Waals surface area contributed by atoms with Gasteiger partial charge in [-0.15, -0.1) is 0 Å². The van der Waals surface area contributed by atoms with E-state index in [1.54, 1.807) is 38.3 Å². The maximum atomic E-state index is 12.0. The van der Waals surface area contributed by atoms with Crippen molar-refractivity contribution in [3.63, 3.8) is 0 Å². The summed E-state index contributed by atoms with van der Waals surface area (Å²) in [6.45, 7) is 1.81. The van der Waals surface area contributed by atoms with E-state index in [2.05, 4.69) is 10.5 Å². The third kappa shape index (κ3) is 3.60. The molecule has 5 heteroatoms. The molecule has 0 saturated heterocycles. The molecule has 21 heavy (non-hydrogen) atoms. The maximum absolute atomic E-state index is 12.0. The van der Waals surface area contributed by atoms with Gasteiger partial charge in [0.2, 0.25) is 0 Å². The van der Waals surface area contributed by atoms with E-state index in [9.17, 15) is 4.79 Å². The molecule has 0 atom stereocenters. The molecule has 0 radical (unpaired) electrons. The van der Waals surface area contributed by atoms with E-state index in [1.807, 2.05) is 24.3 Å². The Balaban J connectivity index is 2.13. The van der Waals surface area contributed by atoms with Crippen molar-refractivity contribution in [2.45, 2.75) is 6.92 Å². The Kier molecular flexibility index (Phi) is 4.56. The van der Waals surface area contributed by atoms with Crippen LogP contribution in [-0.2, 0) is 0 Å². The number of methoxy groups -OCH3 is 1. The molecule has 0 aliphatic carbocycles. The summed E-state index contributed by atoms with van der Waals surface area (Å²) in [5.41, 5.74) is 10.7.